The summed E-state index contributed by atoms with van der Waals surface area (Å²) in [5.41, 5.74) is -1.25. The summed E-state index contributed by atoms with van der Waals surface area (Å²) in [6.07, 6.45) is 3.75. The first-order valence-electron chi connectivity index (χ1n) is 6.69. The molecule has 0 bridgehead atoms. The summed E-state index contributed by atoms with van der Waals surface area (Å²) in [4.78, 5) is 33.8. The molecule has 112 valence electrons. The molecule has 0 aliphatic heterocycles. The molecule has 0 aromatic heterocycles. The van der Waals surface area contributed by atoms with E-state index in [9.17, 15) is 24.6 Å². The van der Waals surface area contributed by atoms with Crippen LogP contribution < -0.4 is 0 Å². The molecule has 0 heterocycles. The Kier molecular flexibility index (Phi) is 5.73. The van der Waals surface area contributed by atoms with Crippen molar-refractivity contribution < 1.29 is 29.3 Å². The predicted molar refractivity (Wildman–Crippen MR) is 70.1 cm³/mol. The third-order valence-electron chi connectivity index (χ3n) is 3.93. The van der Waals surface area contributed by atoms with Gasteiger partial charge in [0, 0.05) is 6.08 Å². The quantitative estimate of drug-likeness (QED) is 0.420. The average molecular weight is 284 g/mol. The topological polar surface area (TPSA) is 101 Å². The van der Waals surface area contributed by atoms with Crippen molar-refractivity contribution >= 4 is 17.9 Å². The van der Waals surface area contributed by atoms with Crippen molar-refractivity contribution in [3.8, 4) is 0 Å². The highest BCUT2D eigenvalue weighted by Crippen LogP contribution is 2.45. The average Bonchev–Trinajstić information content (AvgIpc) is 2.43. The summed E-state index contributed by atoms with van der Waals surface area (Å²) in [6.45, 7) is 3.34. The van der Waals surface area contributed by atoms with Crippen LogP contribution in [0.2, 0.25) is 0 Å². The van der Waals surface area contributed by atoms with E-state index in [1.54, 1.807) is 0 Å². The fraction of sp³-hybridized carbons (Fsp3) is 0.643. The molecule has 1 aliphatic rings. The molecule has 0 aromatic carbocycles. The van der Waals surface area contributed by atoms with Gasteiger partial charge in [-0.1, -0.05) is 19.4 Å². The van der Waals surface area contributed by atoms with Crippen molar-refractivity contribution in [1.29, 1.82) is 0 Å². The molecule has 2 N–H and O–H groups in total. The van der Waals surface area contributed by atoms with Gasteiger partial charge in [0.25, 0.3) is 0 Å². The molecule has 6 nitrogen and oxygen atoms in total. The van der Waals surface area contributed by atoms with Crippen molar-refractivity contribution in [2.75, 3.05) is 6.61 Å². The third kappa shape index (κ3) is 3.59. The number of ether oxygens (including phenoxy) is 1. The number of aliphatic carboxylic acids is 2. The Morgan fingerprint density at radius 2 is 2.00 bits per heavy atom. The third-order valence-corrected chi connectivity index (χ3v) is 3.93. The fourth-order valence-corrected chi connectivity index (χ4v) is 2.88. The minimum Gasteiger partial charge on any atom is -0.481 e. The summed E-state index contributed by atoms with van der Waals surface area (Å²) in [7, 11) is 0. The van der Waals surface area contributed by atoms with Gasteiger partial charge < -0.3 is 14.9 Å². The number of carboxylic acid groups (broad SMARTS) is 2. The van der Waals surface area contributed by atoms with E-state index in [2.05, 4.69) is 6.58 Å². The van der Waals surface area contributed by atoms with Crippen molar-refractivity contribution in [3.05, 3.63) is 12.7 Å². The van der Waals surface area contributed by atoms with Gasteiger partial charge in [-0.15, -0.1) is 0 Å². The largest absolute Gasteiger partial charge is 0.481 e. The zero-order valence-electron chi connectivity index (χ0n) is 11.3. The van der Waals surface area contributed by atoms with Crippen LogP contribution in [0, 0.1) is 11.3 Å². The first kappa shape index (κ1) is 16.2. The molecule has 1 fully saturated rings. The molecule has 0 saturated heterocycles. The maximum Gasteiger partial charge on any atom is 0.330 e. The molecule has 0 spiro atoms. The number of carbonyl (C=O) groups excluding carboxylic acids is 1. The molecule has 1 saturated carbocycles. The van der Waals surface area contributed by atoms with E-state index >= 15 is 0 Å². The fourth-order valence-electron chi connectivity index (χ4n) is 2.88. The lowest BCUT2D eigenvalue weighted by molar-refractivity contribution is -0.167. The highest BCUT2D eigenvalue weighted by Gasteiger charge is 2.50. The summed E-state index contributed by atoms with van der Waals surface area (Å²) < 4.78 is 4.81. The SMILES string of the molecule is C=CC(=O)OCCCC1(C(=O)O)CCCCC1C(=O)O. The summed E-state index contributed by atoms with van der Waals surface area (Å²) in [6, 6.07) is 0. The van der Waals surface area contributed by atoms with E-state index in [0.29, 0.717) is 25.7 Å². The predicted octanol–water partition coefficient (Wildman–Crippen LogP) is 1.84. The lowest BCUT2D eigenvalue weighted by atomic mass is 9.64. The molecular weight excluding hydrogens is 264 g/mol. The second kappa shape index (κ2) is 7.07. The maximum absolute atomic E-state index is 11.6. The summed E-state index contributed by atoms with van der Waals surface area (Å²) >= 11 is 0. The summed E-state index contributed by atoms with van der Waals surface area (Å²) in [5, 5.41) is 18.7. The van der Waals surface area contributed by atoms with E-state index in [-0.39, 0.29) is 13.0 Å². The van der Waals surface area contributed by atoms with Crippen molar-refractivity contribution in [2.45, 2.75) is 38.5 Å². The van der Waals surface area contributed by atoms with Crippen LogP contribution in [0.4, 0.5) is 0 Å². The van der Waals surface area contributed by atoms with Crippen LogP contribution >= 0.6 is 0 Å². The van der Waals surface area contributed by atoms with Crippen molar-refractivity contribution in [1.82, 2.24) is 0 Å². The molecule has 2 unspecified atom stereocenters. The molecule has 20 heavy (non-hydrogen) atoms. The van der Waals surface area contributed by atoms with Gasteiger partial charge in [-0.05, 0) is 25.7 Å². The standard InChI is InChI=1S/C14H20O6/c1-2-11(15)20-9-5-8-14(13(18)19)7-4-3-6-10(14)12(16)17/h2,10H,1,3-9H2,(H,16,17)(H,18,19). The van der Waals surface area contributed by atoms with Crippen LogP contribution in [0.25, 0.3) is 0 Å². The Bertz CT molecular complexity index is 402. The van der Waals surface area contributed by atoms with Crippen LogP contribution in [-0.4, -0.2) is 34.7 Å². The van der Waals surface area contributed by atoms with Gasteiger partial charge in [-0.3, -0.25) is 9.59 Å². The number of hydrogen-bond acceptors (Lipinski definition) is 4. The normalized spacial score (nSPS) is 25.7. The Morgan fingerprint density at radius 1 is 1.30 bits per heavy atom. The van der Waals surface area contributed by atoms with Gasteiger partial charge in [-0.25, -0.2) is 4.79 Å². The van der Waals surface area contributed by atoms with Crippen LogP contribution in [0.3, 0.4) is 0 Å². The second-order valence-electron chi connectivity index (χ2n) is 5.07. The molecule has 0 amide bonds. The van der Waals surface area contributed by atoms with E-state index in [1.807, 2.05) is 0 Å². The Hall–Kier alpha value is -1.85. The minimum atomic E-state index is -1.25. The van der Waals surface area contributed by atoms with E-state index in [0.717, 1.165) is 12.5 Å². The van der Waals surface area contributed by atoms with Gasteiger partial charge in [0.1, 0.15) is 0 Å². The van der Waals surface area contributed by atoms with Gasteiger partial charge in [0.2, 0.25) is 0 Å². The van der Waals surface area contributed by atoms with Crippen LogP contribution in [0.15, 0.2) is 12.7 Å². The molecule has 0 radical (unpaired) electrons. The van der Waals surface area contributed by atoms with Crippen LogP contribution in [-0.2, 0) is 19.1 Å². The molecule has 6 heteroatoms. The van der Waals surface area contributed by atoms with Crippen molar-refractivity contribution in [2.24, 2.45) is 11.3 Å². The molecule has 1 aliphatic carbocycles. The molecule has 2 atom stereocenters. The highest BCUT2D eigenvalue weighted by molar-refractivity contribution is 5.83. The number of carboxylic acids is 2. The highest BCUT2D eigenvalue weighted by atomic mass is 16.5. The Morgan fingerprint density at radius 3 is 2.55 bits per heavy atom. The van der Waals surface area contributed by atoms with E-state index in [1.165, 1.54) is 0 Å². The zero-order chi connectivity index (χ0) is 15.2. The summed E-state index contributed by atoms with van der Waals surface area (Å²) in [5.74, 6) is -3.56. The molecule has 1 rings (SSSR count). The number of carbonyl (C=O) groups is 3. The number of hydrogen-bond donors (Lipinski definition) is 2. The van der Waals surface area contributed by atoms with Crippen molar-refractivity contribution in [3.63, 3.8) is 0 Å². The molecular formula is C14H20O6. The first-order valence-corrected chi connectivity index (χ1v) is 6.69. The number of rotatable bonds is 7. The Labute approximate surface area is 117 Å². The van der Waals surface area contributed by atoms with Gasteiger partial charge in [-0.2, -0.15) is 0 Å². The lowest BCUT2D eigenvalue weighted by Gasteiger charge is -2.38. The van der Waals surface area contributed by atoms with Gasteiger partial charge in [0.05, 0.1) is 17.9 Å². The maximum atomic E-state index is 11.6. The number of esters is 1. The van der Waals surface area contributed by atoms with Crippen LogP contribution in [0.5, 0.6) is 0 Å². The first-order chi connectivity index (χ1) is 9.44. The monoisotopic (exact) mass is 284 g/mol. The zero-order valence-corrected chi connectivity index (χ0v) is 11.3. The Balaban J connectivity index is 2.70. The minimum absolute atomic E-state index is 0.0756. The van der Waals surface area contributed by atoms with E-state index < -0.39 is 29.2 Å². The second-order valence-corrected chi connectivity index (χ2v) is 5.07. The van der Waals surface area contributed by atoms with Crippen LogP contribution in [0.1, 0.15) is 38.5 Å². The van der Waals surface area contributed by atoms with Gasteiger partial charge in [0.15, 0.2) is 0 Å². The van der Waals surface area contributed by atoms with Gasteiger partial charge >= 0.3 is 17.9 Å². The smallest absolute Gasteiger partial charge is 0.330 e. The lowest BCUT2D eigenvalue weighted by Crippen LogP contribution is -2.45. The van der Waals surface area contributed by atoms with E-state index in [4.69, 9.17) is 4.74 Å². The molecule has 0 aromatic rings.